The summed E-state index contributed by atoms with van der Waals surface area (Å²) in [5.74, 6) is -0.460. The van der Waals surface area contributed by atoms with Crippen molar-refractivity contribution in [2.45, 2.75) is 39.3 Å². The first-order valence-corrected chi connectivity index (χ1v) is 8.43. The molecule has 0 fully saturated rings. The molecule has 0 spiro atoms. The van der Waals surface area contributed by atoms with Crippen molar-refractivity contribution in [1.82, 2.24) is 10.6 Å². The molecule has 0 aromatic heterocycles. The standard InChI is InChI=1S/C17H24F3N3O3/c1-3-5-8-21-16(25)23-15(24)11-22-13-10-12(17(18,19)20)6-7-14(13)26-9-4-2/h6-7,10,22H,3-5,8-9,11H2,1-2H3,(H2,21,23,24,25). The third-order valence-corrected chi connectivity index (χ3v) is 3.28. The second-order valence-corrected chi connectivity index (χ2v) is 5.57. The summed E-state index contributed by atoms with van der Waals surface area (Å²) in [7, 11) is 0. The van der Waals surface area contributed by atoms with Gasteiger partial charge < -0.3 is 15.4 Å². The molecule has 6 nitrogen and oxygen atoms in total. The summed E-state index contributed by atoms with van der Waals surface area (Å²) >= 11 is 0. The van der Waals surface area contributed by atoms with E-state index in [0.29, 0.717) is 19.6 Å². The van der Waals surface area contributed by atoms with Crippen LogP contribution in [-0.4, -0.2) is 31.6 Å². The number of nitrogens with one attached hydrogen (secondary N) is 3. The molecule has 0 aliphatic heterocycles. The minimum atomic E-state index is -4.51. The smallest absolute Gasteiger partial charge is 0.416 e. The quantitative estimate of drug-likeness (QED) is 0.577. The van der Waals surface area contributed by atoms with Gasteiger partial charge in [-0.3, -0.25) is 10.1 Å². The number of halogens is 3. The number of carbonyl (C=O) groups excluding carboxylic acids is 2. The molecular weight excluding hydrogens is 351 g/mol. The molecule has 0 saturated heterocycles. The van der Waals surface area contributed by atoms with Crippen LogP contribution in [0.25, 0.3) is 0 Å². The Hall–Kier alpha value is -2.45. The van der Waals surface area contributed by atoms with Gasteiger partial charge in [0.2, 0.25) is 5.91 Å². The average Bonchev–Trinajstić information content (AvgIpc) is 2.57. The van der Waals surface area contributed by atoms with Gasteiger partial charge in [-0.25, -0.2) is 4.79 Å². The molecule has 0 saturated carbocycles. The third kappa shape index (κ3) is 7.62. The summed E-state index contributed by atoms with van der Waals surface area (Å²) in [5.41, 5.74) is -0.823. The van der Waals surface area contributed by atoms with E-state index < -0.39 is 23.7 Å². The van der Waals surface area contributed by atoms with Crippen molar-refractivity contribution in [1.29, 1.82) is 0 Å². The maximum Gasteiger partial charge on any atom is 0.416 e. The fourth-order valence-electron chi connectivity index (χ4n) is 1.95. The minimum absolute atomic E-state index is 0.0369. The van der Waals surface area contributed by atoms with Gasteiger partial charge in [0.05, 0.1) is 24.4 Å². The van der Waals surface area contributed by atoms with E-state index in [1.807, 2.05) is 13.8 Å². The van der Waals surface area contributed by atoms with Crippen molar-refractivity contribution >= 4 is 17.6 Å². The molecule has 1 aromatic carbocycles. The van der Waals surface area contributed by atoms with Gasteiger partial charge in [-0.1, -0.05) is 20.3 Å². The zero-order chi connectivity index (χ0) is 19.6. The molecule has 3 amide bonds. The lowest BCUT2D eigenvalue weighted by Crippen LogP contribution is -2.42. The van der Waals surface area contributed by atoms with Crippen LogP contribution in [0.5, 0.6) is 5.75 Å². The molecule has 0 unspecified atom stereocenters. The number of hydrogen-bond acceptors (Lipinski definition) is 4. The van der Waals surface area contributed by atoms with Gasteiger partial charge in [0.15, 0.2) is 0 Å². The van der Waals surface area contributed by atoms with Crippen LogP contribution in [0.15, 0.2) is 18.2 Å². The Balaban J connectivity index is 2.70. The number of alkyl halides is 3. The highest BCUT2D eigenvalue weighted by molar-refractivity contribution is 5.96. The molecule has 0 aliphatic rings. The van der Waals surface area contributed by atoms with Crippen molar-refractivity contribution in [3.05, 3.63) is 23.8 Å². The van der Waals surface area contributed by atoms with Gasteiger partial charge in [-0.05, 0) is 31.0 Å². The van der Waals surface area contributed by atoms with Gasteiger partial charge in [-0.2, -0.15) is 13.2 Å². The summed E-state index contributed by atoms with van der Waals surface area (Å²) in [4.78, 5) is 23.3. The molecular formula is C17H24F3N3O3. The van der Waals surface area contributed by atoms with Gasteiger partial charge in [0.1, 0.15) is 5.75 Å². The van der Waals surface area contributed by atoms with E-state index in [1.54, 1.807) is 0 Å². The number of hydrogen-bond donors (Lipinski definition) is 3. The average molecular weight is 375 g/mol. The van der Waals surface area contributed by atoms with Crippen molar-refractivity contribution in [2.75, 3.05) is 25.0 Å². The molecule has 0 aliphatic carbocycles. The zero-order valence-corrected chi connectivity index (χ0v) is 14.8. The first-order chi connectivity index (χ1) is 12.3. The number of rotatable bonds is 9. The summed E-state index contributed by atoms with van der Waals surface area (Å²) in [6, 6.07) is 2.35. The second-order valence-electron chi connectivity index (χ2n) is 5.57. The van der Waals surface area contributed by atoms with Gasteiger partial charge in [0, 0.05) is 6.54 Å². The van der Waals surface area contributed by atoms with E-state index in [-0.39, 0.29) is 18.0 Å². The van der Waals surface area contributed by atoms with E-state index in [2.05, 4.69) is 16.0 Å². The monoisotopic (exact) mass is 375 g/mol. The molecule has 3 N–H and O–H groups in total. The Morgan fingerprint density at radius 2 is 1.88 bits per heavy atom. The number of urea groups is 1. The van der Waals surface area contributed by atoms with Crippen LogP contribution in [0.1, 0.15) is 38.7 Å². The molecule has 1 aromatic rings. The number of unbranched alkanes of at least 4 members (excludes halogenated alkanes) is 1. The second kappa shape index (κ2) is 10.5. The Kier molecular flexibility index (Phi) is 8.74. The number of amides is 3. The zero-order valence-electron chi connectivity index (χ0n) is 14.8. The summed E-state index contributed by atoms with van der Waals surface area (Å²) in [6.45, 7) is 4.21. The first-order valence-electron chi connectivity index (χ1n) is 8.43. The van der Waals surface area contributed by atoms with Crippen LogP contribution in [0.2, 0.25) is 0 Å². The molecule has 1 rings (SSSR count). The van der Waals surface area contributed by atoms with E-state index in [1.165, 1.54) is 6.07 Å². The normalized spacial score (nSPS) is 11.0. The van der Waals surface area contributed by atoms with E-state index in [4.69, 9.17) is 4.74 Å². The van der Waals surface area contributed by atoms with Gasteiger partial charge >= 0.3 is 12.2 Å². The van der Waals surface area contributed by atoms with Crippen LogP contribution in [0.4, 0.5) is 23.7 Å². The number of anilines is 1. The Bertz CT molecular complexity index is 607. The number of benzene rings is 1. The topological polar surface area (TPSA) is 79.5 Å². The molecule has 0 radical (unpaired) electrons. The lowest BCUT2D eigenvalue weighted by Gasteiger charge is -2.15. The molecule has 0 atom stereocenters. The molecule has 26 heavy (non-hydrogen) atoms. The van der Waals surface area contributed by atoms with E-state index in [9.17, 15) is 22.8 Å². The summed E-state index contributed by atoms with van der Waals surface area (Å²) in [6.07, 6.45) is -2.16. The first kappa shape index (κ1) is 21.6. The highest BCUT2D eigenvalue weighted by Crippen LogP contribution is 2.35. The Labute approximate surface area is 150 Å². The van der Waals surface area contributed by atoms with Crippen LogP contribution in [0.3, 0.4) is 0 Å². The van der Waals surface area contributed by atoms with Crippen molar-refractivity contribution in [3.63, 3.8) is 0 Å². The molecule has 9 heteroatoms. The van der Waals surface area contributed by atoms with Crippen LogP contribution < -0.4 is 20.7 Å². The van der Waals surface area contributed by atoms with Crippen molar-refractivity contribution < 1.29 is 27.5 Å². The number of ether oxygens (including phenoxy) is 1. The predicted octanol–water partition coefficient (Wildman–Crippen LogP) is 3.53. The fraction of sp³-hybridized carbons (Fsp3) is 0.529. The minimum Gasteiger partial charge on any atom is -0.491 e. The molecule has 0 bridgehead atoms. The van der Waals surface area contributed by atoms with Crippen molar-refractivity contribution in [2.24, 2.45) is 0 Å². The largest absolute Gasteiger partial charge is 0.491 e. The Morgan fingerprint density at radius 3 is 2.50 bits per heavy atom. The lowest BCUT2D eigenvalue weighted by atomic mass is 10.1. The highest BCUT2D eigenvalue weighted by atomic mass is 19.4. The van der Waals surface area contributed by atoms with Crippen LogP contribution in [-0.2, 0) is 11.0 Å². The third-order valence-electron chi connectivity index (χ3n) is 3.28. The van der Waals surface area contributed by atoms with Crippen molar-refractivity contribution in [3.8, 4) is 5.75 Å². The maximum atomic E-state index is 12.9. The fourth-order valence-corrected chi connectivity index (χ4v) is 1.95. The molecule has 0 heterocycles. The van der Waals surface area contributed by atoms with E-state index >= 15 is 0 Å². The number of imide groups is 1. The number of carbonyl (C=O) groups is 2. The maximum absolute atomic E-state index is 12.9. The van der Waals surface area contributed by atoms with Gasteiger partial charge in [-0.15, -0.1) is 0 Å². The molecule has 146 valence electrons. The van der Waals surface area contributed by atoms with Crippen LogP contribution >= 0.6 is 0 Å². The predicted molar refractivity (Wildman–Crippen MR) is 92.2 cm³/mol. The summed E-state index contributed by atoms with van der Waals surface area (Å²) in [5, 5.41) is 7.20. The van der Waals surface area contributed by atoms with Crippen LogP contribution in [0, 0.1) is 0 Å². The summed E-state index contributed by atoms with van der Waals surface area (Å²) < 4.78 is 44.0. The Morgan fingerprint density at radius 1 is 1.15 bits per heavy atom. The highest BCUT2D eigenvalue weighted by Gasteiger charge is 2.31. The van der Waals surface area contributed by atoms with E-state index in [0.717, 1.165) is 25.0 Å². The van der Waals surface area contributed by atoms with Gasteiger partial charge in [0.25, 0.3) is 0 Å². The SMILES string of the molecule is CCCCNC(=O)NC(=O)CNc1cc(C(F)(F)F)ccc1OCCC. The lowest BCUT2D eigenvalue weighted by molar-refractivity contribution is -0.137.